The highest BCUT2D eigenvalue weighted by atomic mass is 79.9. The minimum Gasteiger partial charge on any atom is -0.377 e. The molecule has 0 aliphatic carbocycles. The topological polar surface area (TPSA) is 12.5 Å². The summed E-state index contributed by atoms with van der Waals surface area (Å²) in [6.07, 6.45) is 4.21. The molecule has 0 spiro atoms. The highest BCUT2D eigenvalue weighted by Gasteiger charge is 2.20. The van der Waals surface area contributed by atoms with Gasteiger partial charge in [-0.25, -0.2) is 0 Å². The lowest BCUT2D eigenvalue weighted by Gasteiger charge is -2.28. The molecule has 1 saturated heterocycles. The molecule has 1 heterocycles. The van der Waals surface area contributed by atoms with E-state index in [0.717, 1.165) is 18.5 Å². The first kappa shape index (κ1) is 12.5. The van der Waals surface area contributed by atoms with E-state index in [0.29, 0.717) is 12.1 Å². The number of hydrogen-bond acceptors (Lipinski definition) is 2. The van der Waals surface area contributed by atoms with Gasteiger partial charge >= 0.3 is 0 Å². The summed E-state index contributed by atoms with van der Waals surface area (Å²) in [5.41, 5.74) is 0. The average Bonchev–Trinajstić information content (AvgIpc) is 2.64. The minimum absolute atomic E-state index is 0.493. The van der Waals surface area contributed by atoms with E-state index in [2.05, 4.69) is 34.7 Å². The summed E-state index contributed by atoms with van der Waals surface area (Å²) in [5.74, 6) is 0. The van der Waals surface area contributed by atoms with Crippen LogP contribution >= 0.6 is 15.9 Å². The van der Waals surface area contributed by atoms with Crippen molar-refractivity contribution in [2.45, 2.75) is 45.3 Å². The normalized spacial score (nSPS) is 22.5. The van der Waals surface area contributed by atoms with E-state index in [4.69, 9.17) is 4.74 Å². The first-order valence-corrected chi connectivity index (χ1v) is 6.77. The molecule has 0 N–H and O–H groups in total. The smallest absolute Gasteiger partial charge is 0.0702 e. The van der Waals surface area contributed by atoms with Gasteiger partial charge in [0, 0.05) is 24.5 Å². The van der Waals surface area contributed by atoms with E-state index in [1.807, 2.05) is 0 Å². The molecule has 0 bridgehead atoms. The average molecular weight is 264 g/mol. The molecule has 2 nitrogen and oxygen atoms in total. The Balaban J connectivity index is 2.26. The SMILES string of the molecule is CC(C)N(CCCBr)CC1CCCO1. The minimum atomic E-state index is 0.493. The van der Waals surface area contributed by atoms with E-state index < -0.39 is 0 Å². The zero-order chi connectivity index (χ0) is 10.4. The molecule has 1 unspecified atom stereocenters. The van der Waals surface area contributed by atoms with Crippen molar-refractivity contribution >= 4 is 15.9 Å². The van der Waals surface area contributed by atoms with Gasteiger partial charge in [0.15, 0.2) is 0 Å². The van der Waals surface area contributed by atoms with E-state index in [-0.39, 0.29) is 0 Å². The molecule has 84 valence electrons. The Morgan fingerprint density at radius 2 is 2.29 bits per heavy atom. The lowest BCUT2D eigenvalue weighted by atomic mass is 10.2. The molecule has 0 aromatic heterocycles. The highest BCUT2D eigenvalue weighted by Crippen LogP contribution is 2.15. The number of ether oxygens (including phenoxy) is 1. The summed E-state index contributed by atoms with van der Waals surface area (Å²) < 4.78 is 5.66. The van der Waals surface area contributed by atoms with Crippen molar-refractivity contribution in [1.82, 2.24) is 4.90 Å². The fourth-order valence-corrected chi connectivity index (χ4v) is 2.12. The summed E-state index contributed by atoms with van der Waals surface area (Å²) in [5, 5.41) is 1.10. The van der Waals surface area contributed by atoms with Crippen molar-refractivity contribution < 1.29 is 4.74 Å². The van der Waals surface area contributed by atoms with Crippen LogP contribution in [-0.2, 0) is 4.74 Å². The zero-order valence-electron chi connectivity index (χ0n) is 9.34. The van der Waals surface area contributed by atoms with Gasteiger partial charge in [-0.3, -0.25) is 4.90 Å². The summed E-state index contributed by atoms with van der Waals surface area (Å²) in [6.45, 7) is 7.80. The summed E-state index contributed by atoms with van der Waals surface area (Å²) in [7, 11) is 0. The lowest BCUT2D eigenvalue weighted by molar-refractivity contribution is 0.0627. The fourth-order valence-electron chi connectivity index (χ4n) is 1.87. The van der Waals surface area contributed by atoms with Crippen LogP contribution in [0.15, 0.2) is 0 Å². The van der Waals surface area contributed by atoms with Gasteiger partial charge in [0.05, 0.1) is 6.10 Å². The Morgan fingerprint density at radius 3 is 2.79 bits per heavy atom. The van der Waals surface area contributed by atoms with E-state index >= 15 is 0 Å². The standard InChI is InChI=1S/C11H22BrNO/c1-10(2)13(7-4-6-12)9-11-5-3-8-14-11/h10-11H,3-9H2,1-2H3. The van der Waals surface area contributed by atoms with Gasteiger partial charge in [0.25, 0.3) is 0 Å². The Morgan fingerprint density at radius 1 is 1.50 bits per heavy atom. The first-order valence-electron chi connectivity index (χ1n) is 5.65. The third-order valence-electron chi connectivity index (χ3n) is 2.77. The second-order valence-corrected chi connectivity index (χ2v) is 5.06. The van der Waals surface area contributed by atoms with E-state index in [1.165, 1.54) is 25.8 Å². The molecule has 0 aromatic rings. The van der Waals surface area contributed by atoms with Crippen LogP contribution in [0.25, 0.3) is 0 Å². The van der Waals surface area contributed by atoms with Gasteiger partial charge in [-0.05, 0) is 39.7 Å². The molecule has 0 saturated carbocycles. The van der Waals surface area contributed by atoms with Crippen LogP contribution in [0.1, 0.15) is 33.1 Å². The molecule has 0 amide bonds. The van der Waals surface area contributed by atoms with Gasteiger partial charge in [-0.1, -0.05) is 15.9 Å². The molecular formula is C11H22BrNO. The molecule has 1 fully saturated rings. The van der Waals surface area contributed by atoms with Crippen LogP contribution in [0.4, 0.5) is 0 Å². The maximum absolute atomic E-state index is 5.66. The number of rotatable bonds is 6. The third kappa shape index (κ3) is 4.28. The number of halogens is 1. The molecule has 14 heavy (non-hydrogen) atoms. The van der Waals surface area contributed by atoms with Gasteiger partial charge < -0.3 is 4.74 Å². The maximum atomic E-state index is 5.66. The fraction of sp³-hybridized carbons (Fsp3) is 1.00. The van der Waals surface area contributed by atoms with Crippen molar-refractivity contribution in [3.05, 3.63) is 0 Å². The predicted octanol–water partition coefficient (Wildman–Crippen LogP) is 2.66. The number of hydrogen-bond donors (Lipinski definition) is 0. The van der Waals surface area contributed by atoms with Gasteiger partial charge in [0.1, 0.15) is 0 Å². The number of alkyl halides is 1. The highest BCUT2D eigenvalue weighted by molar-refractivity contribution is 9.09. The second-order valence-electron chi connectivity index (χ2n) is 4.27. The van der Waals surface area contributed by atoms with E-state index in [1.54, 1.807) is 0 Å². The molecule has 1 rings (SSSR count). The lowest BCUT2D eigenvalue weighted by Crippen LogP contribution is -2.38. The van der Waals surface area contributed by atoms with Crippen molar-refractivity contribution in [3.8, 4) is 0 Å². The van der Waals surface area contributed by atoms with Crippen molar-refractivity contribution in [3.63, 3.8) is 0 Å². The molecular weight excluding hydrogens is 242 g/mol. The largest absolute Gasteiger partial charge is 0.377 e. The van der Waals surface area contributed by atoms with Gasteiger partial charge in [-0.2, -0.15) is 0 Å². The Kier molecular flexibility index (Phi) is 6.06. The van der Waals surface area contributed by atoms with Crippen LogP contribution in [0.5, 0.6) is 0 Å². The van der Waals surface area contributed by atoms with Crippen molar-refractivity contribution in [2.24, 2.45) is 0 Å². The van der Waals surface area contributed by atoms with Crippen LogP contribution in [-0.4, -0.2) is 42.1 Å². The van der Waals surface area contributed by atoms with Crippen molar-refractivity contribution in [1.29, 1.82) is 0 Å². The Hall–Kier alpha value is 0.400. The van der Waals surface area contributed by atoms with Gasteiger partial charge in [-0.15, -0.1) is 0 Å². The second kappa shape index (κ2) is 6.81. The third-order valence-corrected chi connectivity index (χ3v) is 3.33. The molecule has 1 atom stereocenters. The molecule has 1 aliphatic heterocycles. The maximum Gasteiger partial charge on any atom is 0.0702 e. The monoisotopic (exact) mass is 263 g/mol. The Bertz CT molecular complexity index is 146. The molecule has 0 aromatic carbocycles. The summed E-state index contributed by atoms with van der Waals surface area (Å²) in [6, 6.07) is 0.637. The molecule has 3 heteroatoms. The van der Waals surface area contributed by atoms with Gasteiger partial charge in [0.2, 0.25) is 0 Å². The summed E-state index contributed by atoms with van der Waals surface area (Å²) >= 11 is 3.48. The van der Waals surface area contributed by atoms with Crippen LogP contribution < -0.4 is 0 Å². The quantitative estimate of drug-likeness (QED) is 0.684. The van der Waals surface area contributed by atoms with E-state index in [9.17, 15) is 0 Å². The van der Waals surface area contributed by atoms with Crippen LogP contribution in [0, 0.1) is 0 Å². The first-order chi connectivity index (χ1) is 6.74. The van der Waals surface area contributed by atoms with Crippen LogP contribution in [0.2, 0.25) is 0 Å². The van der Waals surface area contributed by atoms with Crippen molar-refractivity contribution in [2.75, 3.05) is 25.0 Å². The van der Waals surface area contributed by atoms with Crippen LogP contribution in [0.3, 0.4) is 0 Å². The molecule has 1 aliphatic rings. The summed E-state index contributed by atoms with van der Waals surface area (Å²) in [4.78, 5) is 2.53. The zero-order valence-corrected chi connectivity index (χ0v) is 10.9. The number of nitrogens with zero attached hydrogens (tertiary/aromatic N) is 1. The predicted molar refractivity (Wildman–Crippen MR) is 64.1 cm³/mol. The Labute approximate surface area is 96.1 Å². The molecule has 0 radical (unpaired) electrons.